The van der Waals surface area contributed by atoms with E-state index in [0.29, 0.717) is 29.0 Å². The molecule has 62 valence electrons. The average molecular weight is 282 g/mol. The molecule has 11 heavy (non-hydrogen) atoms. The topological polar surface area (TPSA) is 15.6 Å². The van der Waals surface area contributed by atoms with E-state index < -0.39 is 0 Å². The molecular weight excluding hydrogens is 270 g/mol. The fraction of sp³-hybridized carbons (Fsp3) is 0.571. The molecule has 2 nitrogen and oxygen atoms in total. The van der Waals surface area contributed by atoms with Gasteiger partial charge in [0.1, 0.15) is 0 Å². The van der Waals surface area contributed by atoms with Gasteiger partial charge in [-0.2, -0.15) is 0 Å². The van der Waals surface area contributed by atoms with Crippen LogP contribution >= 0.6 is 0 Å². The van der Waals surface area contributed by atoms with Gasteiger partial charge in [0, 0.05) is 0 Å². The molecule has 0 amide bonds. The molecule has 0 unspecified atom stereocenters. The van der Waals surface area contributed by atoms with Gasteiger partial charge in [0.05, 0.1) is 0 Å². The number of aryl methyl sites for hydroxylation is 2. The normalized spacial score (nSPS) is 9.82. The first-order chi connectivity index (χ1) is 5.09. The molecule has 0 fully saturated rings. The standard InChI is InChI=1S/C7H12N2Se2/c1-5-6(2)11-7(10-5)8-9(3)4/h1-4H3. The Bertz CT molecular complexity index is 273. The van der Waals surface area contributed by atoms with E-state index in [9.17, 15) is 0 Å². The summed E-state index contributed by atoms with van der Waals surface area (Å²) >= 11 is 1.13. The Labute approximate surface area is 79.0 Å². The summed E-state index contributed by atoms with van der Waals surface area (Å²) in [5.74, 6) is 0. The molecule has 0 bridgehead atoms. The molecule has 1 aromatic heterocycles. The van der Waals surface area contributed by atoms with Crippen molar-refractivity contribution in [1.82, 2.24) is 5.01 Å². The van der Waals surface area contributed by atoms with Gasteiger partial charge in [0.25, 0.3) is 0 Å². The van der Waals surface area contributed by atoms with Crippen LogP contribution in [0.5, 0.6) is 0 Å². The summed E-state index contributed by atoms with van der Waals surface area (Å²) in [6, 6.07) is 0. The third kappa shape index (κ3) is 2.64. The van der Waals surface area contributed by atoms with Crippen molar-refractivity contribution >= 4 is 29.0 Å². The predicted octanol–water partition coefficient (Wildman–Crippen LogP) is -0.205. The zero-order valence-electron chi connectivity index (χ0n) is 7.21. The number of hydrogen-bond donors (Lipinski definition) is 0. The van der Waals surface area contributed by atoms with Crippen LogP contribution in [0, 0.1) is 13.8 Å². The summed E-state index contributed by atoms with van der Waals surface area (Å²) in [6.07, 6.45) is 0. The molecule has 0 N–H and O–H groups in total. The Balaban J connectivity index is 3.06. The summed E-state index contributed by atoms with van der Waals surface area (Å²) in [5.41, 5.74) is 0. The molecule has 0 radical (unpaired) electrons. The molecular formula is C7H12N2Se2. The van der Waals surface area contributed by atoms with Crippen molar-refractivity contribution in [3.63, 3.8) is 0 Å². The summed E-state index contributed by atoms with van der Waals surface area (Å²) < 4.78 is 4.58. The van der Waals surface area contributed by atoms with Crippen LogP contribution in [0.4, 0.5) is 0 Å². The van der Waals surface area contributed by atoms with E-state index in [-0.39, 0.29) is 0 Å². The van der Waals surface area contributed by atoms with Crippen LogP contribution in [0.1, 0.15) is 8.87 Å². The predicted molar refractivity (Wildman–Crippen MR) is 49.0 cm³/mol. The molecule has 0 aliphatic heterocycles. The maximum atomic E-state index is 4.44. The Morgan fingerprint density at radius 2 is 1.55 bits per heavy atom. The molecule has 1 heterocycles. The van der Waals surface area contributed by atoms with Gasteiger partial charge < -0.3 is 0 Å². The molecule has 0 aliphatic rings. The third-order valence-corrected chi connectivity index (χ3v) is 7.38. The van der Waals surface area contributed by atoms with Gasteiger partial charge in [0.2, 0.25) is 0 Å². The first kappa shape index (κ1) is 9.34. The molecule has 0 spiro atoms. The van der Waals surface area contributed by atoms with Crippen LogP contribution in [0.15, 0.2) is 5.10 Å². The summed E-state index contributed by atoms with van der Waals surface area (Å²) in [5, 5.41) is 6.35. The van der Waals surface area contributed by atoms with Gasteiger partial charge in [-0.1, -0.05) is 0 Å². The SMILES string of the molecule is Cc1[se]c(=NN(C)C)[se]c1C. The number of nitrogens with zero attached hydrogens (tertiary/aromatic N) is 2. The summed E-state index contributed by atoms with van der Waals surface area (Å²) in [7, 11) is 3.98. The second-order valence-electron chi connectivity index (χ2n) is 2.53. The fourth-order valence-electron chi connectivity index (χ4n) is 0.631. The number of rotatable bonds is 1. The van der Waals surface area contributed by atoms with E-state index in [1.54, 1.807) is 8.87 Å². The molecule has 1 aromatic rings. The first-order valence-electron chi connectivity index (χ1n) is 3.38. The van der Waals surface area contributed by atoms with Crippen molar-refractivity contribution in [2.24, 2.45) is 5.10 Å². The van der Waals surface area contributed by atoms with E-state index in [2.05, 4.69) is 18.9 Å². The second-order valence-corrected chi connectivity index (χ2v) is 8.89. The second kappa shape index (κ2) is 3.77. The molecule has 1 rings (SSSR count). The van der Waals surface area contributed by atoms with Crippen LogP contribution in [0.25, 0.3) is 0 Å². The zero-order valence-corrected chi connectivity index (χ0v) is 10.6. The van der Waals surface area contributed by atoms with Gasteiger partial charge in [0.15, 0.2) is 0 Å². The van der Waals surface area contributed by atoms with Gasteiger partial charge in [-0.25, -0.2) is 0 Å². The Morgan fingerprint density at radius 1 is 1.09 bits per heavy atom. The Morgan fingerprint density at radius 3 is 1.91 bits per heavy atom. The Kier molecular flexibility index (Phi) is 3.20. The minimum absolute atomic E-state index is 0.564. The van der Waals surface area contributed by atoms with E-state index in [1.807, 2.05) is 19.1 Å². The van der Waals surface area contributed by atoms with Crippen molar-refractivity contribution < 1.29 is 0 Å². The first-order valence-corrected chi connectivity index (χ1v) is 6.81. The molecule has 0 atom stereocenters. The minimum atomic E-state index is 0.564. The molecule has 0 saturated carbocycles. The van der Waals surface area contributed by atoms with Crippen LogP contribution < -0.4 is 3.11 Å². The summed E-state index contributed by atoms with van der Waals surface area (Å²) in [6.45, 7) is 4.46. The van der Waals surface area contributed by atoms with E-state index in [0.717, 1.165) is 0 Å². The van der Waals surface area contributed by atoms with E-state index in [1.165, 1.54) is 3.11 Å². The van der Waals surface area contributed by atoms with Crippen molar-refractivity contribution in [3.05, 3.63) is 12.0 Å². The van der Waals surface area contributed by atoms with Crippen molar-refractivity contribution in [2.75, 3.05) is 14.1 Å². The van der Waals surface area contributed by atoms with Crippen LogP contribution in [-0.2, 0) is 0 Å². The van der Waals surface area contributed by atoms with Crippen LogP contribution in [0.3, 0.4) is 0 Å². The van der Waals surface area contributed by atoms with Crippen LogP contribution in [0.2, 0.25) is 0 Å². The van der Waals surface area contributed by atoms with Crippen molar-refractivity contribution in [3.8, 4) is 0 Å². The monoisotopic (exact) mass is 284 g/mol. The van der Waals surface area contributed by atoms with E-state index in [4.69, 9.17) is 0 Å². The van der Waals surface area contributed by atoms with Gasteiger partial charge in [-0.05, 0) is 0 Å². The van der Waals surface area contributed by atoms with E-state index >= 15 is 0 Å². The van der Waals surface area contributed by atoms with Crippen molar-refractivity contribution in [1.29, 1.82) is 0 Å². The summed E-state index contributed by atoms with van der Waals surface area (Å²) in [4.78, 5) is 0. The molecule has 0 aromatic carbocycles. The average Bonchev–Trinajstić information content (AvgIpc) is 2.10. The zero-order chi connectivity index (χ0) is 8.43. The van der Waals surface area contributed by atoms with Gasteiger partial charge >= 0.3 is 79.0 Å². The van der Waals surface area contributed by atoms with Gasteiger partial charge in [-0.15, -0.1) is 0 Å². The maximum absolute atomic E-state index is 4.44. The Hall–Kier alpha value is 0.249. The number of hydrogen-bond acceptors (Lipinski definition) is 2. The molecule has 0 saturated heterocycles. The quantitative estimate of drug-likeness (QED) is 0.514. The van der Waals surface area contributed by atoms with Crippen molar-refractivity contribution in [2.45, 2.75) is 13.8 Å². The van der Waals surface area contributed by atoms with Crippen LogP contribution in [-0.4, -0.2) is 48.1 Å². The fourth-order valence-corrected chi connectivity index (χ4v) is 7.37. The molecule has 0 aliphatic carbocycles. The molecule has 4 heteroatoms. The third-order valence-electron chi connectivity index (χ3n) is 1.26. The van der Waals surface area contributed by atoms with Gasteiger partial charge in [-0.3, -0.25) is 0 Å².